The van der Waals surface area contributed by atoms with Gasteiger partial charge in [-0.2, -0.15) is 13.5 Å². The normalized spacial score (nSPS) is 28.2. The van der Waals surface area contributed by atoms with Crippen molar-refractivity contribution in [1.29, 1.82) is 0 Å². The molecule has 0 unspecified atom stereocenters. The van der Waals surface area contributed by atoms with Crippen molar-refractivity contribution in [3.63, 3.8) is 0 Å². The number of hydrogen-bond acceptors (Lipinski definition) is 2. The van der Waals surface area contributed by atoms with E-state index in [9.17, 15) is 4.79 Å². The van der Waals surface area contributed by atoms with Crippen molar-refractivity contribution in [3.8, 4) is 0 Å². The summed E-state index contributed by atoms with van der Waals surface area (Å²) in [6, 6.07) is 0. The van der Waals surface area contributed by atoms with E-state index in [-0.39, 0.29) is 30.0 Å². The van der Waals surface area contributed by atoms with Crippen LogP contribution in [0.2, 0.25) is 0 Å². The minimum Gasteiger partial charge on any atom is -0.300 e. The quantitative estimate of drug-likeness (QED) is 0.787. The van der Waals surface area contributed by atoms with Gasteiger partial charge in [0.15, 0.2) is 5.78 Å². The maximum atomic E-state index is 12.5. The number of carbonyl (C=O) groups excluding carboxylic acids is 1. The van der Waals surface area contributed by atoms with Crippen LogP contribution >= 0.6 is 13.5 Å². The van der Waals surface area contributed by atoms with Crippen molar-refractivity contribution >= 4 is 19.3 Å². The third kappa shape index (κ3) is 3.59. The highest BCUT2D eigenvalue weighted by atomic mass is 32.1. The van der Waals surface area contributed by atoms with E-state index in [2.05, 4.69) is 32.7 Å². The second-order valence-electron chi connectivity index (χ2n) is 6.97. The van der Waals surface area contributed by atoms with Crippen molar-refractivity contribution in [2.45, 2.75) is 59.0 Å². The molecule has 2 nitrogen and oxygen atoms in total. The van der Waals surface area contributed by atoms with Gasteiger partial charge in [-0.25, -0.2) is 0 Å². The number of nitrogens with one attached hydrogen (secondary N) is 1. The molecule has 1 aliphatic carbocycles. The zero-order chi connectivity index (χ0) is 12.8. The first-order valence-electron chi connectivity index (χ1n) is 6.00. The molecule has 0 aromatic carbocycles. The van der Waals surface area contributed by atoms with Gasteiger partial charge >= 0.3 is 0 Å². The van der Waals surface area contributed by atoms with Crippen molar-refractivity contribution in [3.05, 3.63) is 12.7 Å². The van der Waals surface area contributed by atoms with Gasteiger partial charge in [0, 0.05) is 16.9 Å². The highest BCUT2D eigenvalue weighted by Crippen LogP contribution is 2.49. The van der Waals surface area contributed by atoms with Crippen LogP contribution in [0.4, 0.5) is 0 Å². The number of ketones is 1. The van der Waals surface area contributed by atoms with Crippen LogP contribution in [0.1, 0.15) is 48.0 Å². The fraction of sp³-hybridized carbons (Fsp3) is 0.786. The van der Waals surface area contributed by atoms with Crippen molar-refractivity contribution in [2.24, 2.45) is 11.3 Å². The van der Waals surface area contributed by atoms with Crippen LogP contribution in [0.25, 0.3) is 0 Å². The Kier molecular flexibility index (Phi) is 4.69. The predicted octanol–water partition coefficient (Wildman–Crippen LogP) is 3.05. The molecule has 1 N–H and O–H groups in total. The Morgan fingerprint density at radius 2 is 1.76 bits per heavy atom. The van der Waals surface area contributed by atoms with E-state index in [0.29, 0.717) is 11.7 Å². The van der Waals surface area contributed by atoms with Crippen LogP contribution in [0.3, 0.4) is 0 Å². The Balaban J connectivity index is 0.00000256. The van der Waals surface area contributed by atoms with E-state index in [1.54, 1.807) is 0 Å². The zero-order valence-corrected chi connectivity index (χ0v) is 13.0. The summed E-state index contributed by atoms with van der Waals surface area (Å²) < 4.78 is 0. The Hall–Kier alpha value is -0.280. The summed E-state index contributed by atoms with van der Waals surface area (Å²) in [4.78, 5) is 12.5. The molecule has 1 saturated carbocycles. The molecule has 0 amide bonds. The molecule has 100 valence electrons. The maximum Gasteiger partial charge on any atom is 0.158 e. The lowest BCUT2D eigenvalue weighted by molar-refractivity contribution is -0.130. The zero-order valence-electron chi connectivity index (χ0n) is 12.0. The van der Waals surface area contributed by atoms with Gasteiger partial charge in [-0.05, 0) is 27.2 Å². The lowest BCUT2D eigenvalue weighted by Gasteiger charge is -2.32. The summed E-state index contributed by atoms with van der Waals surface area (Å²) >= 11 is 0. The molecule has 2 atom stereocenters. The Morgan fingerprint density at radius 1 is 1.29 bits per heavy atom. The molecule has 0 aliphatic heterocycles. The van der Waals surface area contributed by atoms with Crippen LogP contribution in [0, 0.1) is 11.3 Å². The summed E-state index contributed by atoms with van der Waals surface area (Å²) in [5.74, 6) is 0.596. The molecule has 0 aromatic rings. The molecule has 0 spiro atoms. The summed E-state index contributed by atoms with van der Waals surface area (Å²) in [6.07, 6.45) is 2.80. The molecule has 0 saturated heterocycles. The Morgan fingerprint density at radius 3 is 2.00 bits per heavy atom. The first-order valence-corrected chi connectivity index (χ1v) is 6.00. The van der Waals surface area contributed by atoms with E-state index in [1.165, 1.54) is 0 Å². The molecule has 1 fully saturated rings. The van der Waals surface area contributed by atoms with Gasteiger partial charge in [0.05, 0.1) is 5.54 Å². The van der Waals surface area contributed by atoms with Gasteiger partial charge in [0.1, 0.15) is 0 Å². The molecule has 1 rings (SSSR count). The molecule has 0 aromatic heterocycles. The van der Waals surface area contributed by atoms with E-state index in [1.807, 2.05) is 26.8 Å². The SMILES string of the molecule is C=C[C@@H]1C[C@]1(NC(C)(C)C)C(=O)C(C)(C)C.S. The van der Waals surface area contributed by atoms with Crippen LogP contribution in [-0.2, 0) is 4.79 Å². The van der Waals surface area contributed by atoms with E-state index < -0.39 is 0 Å². The minimum atomic E-state index is -0.363. The minimum absolute atomic E-state index is 0. The van der Waals surface area contributed by atoms with Crippen molar-refractivity contribution < 1.29 is 4.79 Å². The van der Waals surface area contributed by atoms with E-state index in [4.69, 9.17) is 0 Å². The van der Waals surface area contributed by atoms with Crippen LogP contribution < -0.4 is 5.32 Å². The van der Waals surface area contributed by atoms with Gasteiger partial charge in [-0.3, -0.25) is 10.1 Å². The average molecular weight is 257 g/mol. The lowest BCUT2D eigenvalue weighted by atomic mass is 9.83. The number of carbonyl (C=O) groups is 1. The van der Waals surface area contributed by atoms with Gasteiger partial charge in [-0.15, -0.1) is 6.58 Å². The monoisotopic (exact) mass is 257 g/mol. The summed E-state index contributed by atoms with van der Waals surface area (Å²) in [6.45, 7) is 16.1. The van der Waals surface area contributed by atoms with Gasteiger partial charge < -0.3 is 0 Å². The van der Waals surface area contributed by atoms with E-state index in [0.717, 1.165) is 6.42 Å². The highest BCUT2D eigenvalue weighted by molar-refractivity contribution is 7.59. The maximum absolute atomic E-state index is 12.5. The molecule has 17 heavy (non-hydrogen) atoms. The molecule has 0 radical (unpaired) electrons. The average Bonchev–Trinajstić information content (AvgIpc) is 2.73. The molecule has 0 heterocycles. The van der Waals surface area contributed by atoms with Crippen molar-refractivity contribution in [1.82, 2.24) is 5.32 Å². The van der Waals surface area contributed by atoms with Crippen molar-refractivity contribution in [2.75, 3.05) is 0 Å². The van der Waals surface area contributed by atoms with Crippen LogP contribution in [-0.4, -0.2) is 16.9 Å². The first kappa shape index (κ1) is 16.7. The number of rotatable bonds is 3. The highest BCUT2D eigenvalue weighted by Gasteiger charge is 2.61. The van der Waals surface area contributed by atoms with E-state index >= 15 is 0 Å². The van der Waals surface area contributed by atoms with Gasteiger partial charge in [0.25, 0.3) is 0 Å². The largest absolute Gasteiger partial charge is 0.300 e. The van der Waals surface area contributed by atoms with Crippen LogP contribution in [0.5, 0.6) is 0 Å². The standard InChI is InChI=1S/C14H25NO.H2S/c1-8-10-9-14(10,15-13(5,6)7)11(16)12(2,3)4;/h8,10,15H,1,9H2,2-7H3;1H2/t10-,14-;/m1./s1. The third-order valence-corrected chi connectivity index (χ3v) is 2.98. The fourth-order valence-corrected chi connectivity index (χ4v) is 2.37. The molecular formula is C14H27NOS. The molecule has 1 aliphatic rings. The predicted molar refractivity (Wildman–Crippen MR) is 78.8 cm³/mol. The number of hydrogen-bond donors (Lipinski definition) is 1. The summed E-state index contributed by atoms with van der Waals surface area (Å²) in [5, 5.41) is 3.49. The number of Topliss-reactive ketones (excluding diaryl/α,β-unsaturated/α-hetero) is 1. The second kappa shape index (κ2) is 4.77. The lowest BCUT2D eigenvalue weighted by Crippen LogP contribution is -2.54. The topological polar surface area (TPSA) is 29.1 Å². The van der Waals surface area contributed by atoms with Gasteiger partial charge in [0.2, 0.25) is 0 Å². The smallest absolute Gasteiger partial charge is 0.158 e. The molecule has 0 bridgehead atoms. The fourth-order valence-electron chi connectivity index (χ4n) is 2.37. The van der Waals surface area contributed by atoms with Crippen LogP contribution in [0.15, 0.2) is 12.7 Å². The summed E-state index contributed by atoms with van der Waals surface area (Å²) in [7, 11) is 0. The third-order valence-electron chi connectivity index (χ3n) is 2.98. The summed E-state index contributed by atoms with van der Waals surface area (Å²) in [5.41, 5.74) is -0.701. The molecule has 3 heteroatoms. The second-order valence-corrected chi connectivity index (χ2v) is 6.97. The Labute approximate surface area is 113 Å². The van der Waals surface area contributed by atoms with Gasteiger partial charge in [-0.1, -0.05) is 26.8 Å². The Bertz CT molecular complexity index is 311. The molecular weight excluding hydrogens is 230 g/mol. The first-order chi connectivity index (χ1) is 7.03.